The van der Waals surface area contributed by atoms with Gasteiger partial charge in [0.15, 0.2) is 5.60 Å². The topological polar surface area (TPSA) is 61.8 Å². The highest BCUT2D eigenvalue weighted by atomic mass is 32.1. The highest BCUT2D eigenvalue weighted by molar-refractivity contribution is 7.80. The van der Waals surface area contributed by atoms with Gasteiger partial charge in [-0.3, -0.25) is 0 Å². The van der Waals surface area contributed by atoms with E-state index in [2.05, 4.69) is 12.6 Å². The maximum absolute atomic E-state index is 12.9. The molecule has 4 aromatic carbocycles. The van der Waals surface area contributed by atoms with E-state index in [4.69, 9.17) is 14.2 Å². The molecule has 0 aliphatic carbocycles. The fourth-order valence-electron chi connectivity index (χ4n) is 4.64. The molecule has 2 heterocycles. The van der Waals surface area contributed by atoms with Crippen LogP contribution in [0.25, 0.3) is 0 Å². The molecule has 1 unspecified atom stereocenters. The Balaban J connectivity index is 1.49. The van der Waals surface area contributed by atoms with E-state index in [1.165, 1.54) is 0 Å². The van der Waals surface area contributed by atoms with Gasteiger partial charge in [0.1, 0.15) is 17.2 Å². The van der Waals surface area contributed by atoms with E-state index in [9.17, 15) is 9.59 Å². The number of thiol groups is 1. The van der Waals surface area contributed by atoms with Gasteiger partial charge in [0.25, 0.3) is 0 Å². The van der Waals surface area contributed by atoms with E-state index in [1.54, 1.807) is 48.5 Å². The molecule has 5 nitrogen and oxygen atoms in total. The Hall–Kier alpha value is -4.03. The van der Waals surface area contributed by atoms with E-state index in [0.29, 0.717) is 38.8 Å². The van der Waals surface area contributed by atoms with Gasteiger partial charge >= 0.3 is 11.9 Å². The minimum Gasteiger partial charge on any atom is -0.456 e. The maximum Gasteiger partial charge on any atom is 0.344 e. The van der Waals surface area contributed by atoms with E-state index in [0.717, 1.165) is 16.7 Å². The number of carbonyl (C=O) groups is 2. The van der Waals surface area contributed by atoms with Crippen LogP contribution in [0.3, 0.4) is 0 Å². The van der Waals surface area contributed by atoms with Crippen molar-refractivity contribution in [1.29, 1.82) is 0 Å². The third-order valence-corrected chi connectivity index (χ3v) is 6.57. The quantitative estimate of drug-likeness (QED) is 0.221. The van der Waals surface area contributed by atoms with Gasteiger partial charge in [0.2, 0.25) is 0 Å². The second kappa shape index (κ2) is 7.50. The van der Waals surface area contributed by atoms with Crippen molar-refractivity contribution in [2.75, 3.05) is 0 Å². The molecule has 1 spiro atoms. The van der Waals surface area contributed by atoms with Crippen molar-refractivity contribution >= 4 is 24.6 Å². The average Bonchev–Trinajstić information content (AvgIpc) is 3.12. The number of hydrogen-bond acceptors (Lipinski definition) is 6. The summed E-state index contributed by atoms with van der Waals surface area (Å²) < 4.78 is 18.0. The first kappa shape index (κ1) is 20.6. The Labute approximate surface area is 201 Å². The number of carbonyl (C=O) groups excluding carboxylic acids is 2. The number of fused-ring (bicyclic) bond motifs is 6. The lowest BCUT2D eigenvalue weighted by molar-refractivity contribution is 0.0224. The van der Waals surface area contributed by atoms with Gasteiger partial charge in [-0.05, 0) is 48.9 Å². The molecule has 0 fully saturated rings. The Kier molecular flexibility index (Phi) is 4.54. The van der Waals surface area contributed by atoms with Gasteiger partial charge in [0.05, 0.1) is 11.1 Å². The Morgan fingerprint density at radius 1 is 0.853 bits per heavy atom. The zero-order chi connectivity index (χ0) is 23.4. The first-order valence-electron chi connectivity index (χ1n) is 10.7. The summed E-state index contributed by atoms with van der Waals surface area (Å²) in [5.41, 5.74) is 2.90. The van der Waals surface area contributed by atoms with Crippen molar-refractivity contribution in [2.45, 2.75) is 17.4 Å². The molecule has 0 amide bonds. The van der Waals surface area contributed by atoms with Gasteiger partial charge in [0, 0.05) is 27.7 Å². The van der Waals surface area contributed by atoms with E-state index in [1.807, 2.05) is 43.3 Å². The maximum atomic E-state index is 12.9. The smallest absolute Gasteiger partial charge is 0.344 e. The monoisotopic (exact) mass is 466 g/mol. The number of aryl methyl sites for hydroxylation is 1. The molecule has 6 heteroatoms. The summed E-state index contributed by atoms with van der Waals surface area (Å²) >= 11 is 4.34. The van der Waals surface area contributed by atoms with Gasteiger partial charge in [-0.15, -0.1) is 12.6 Å². The first-order chi connectivity index (χ1) is 16.5. The van der Waals surface area contributed by atoms with Gasteiger partial charge in [-0.1, -0.05) is 42.5 Å². The van der Waals surface area contributed by atoms with Gasteiger partial charge in [-0.25, -0.2) is 9.59 Å². The number of ether oxygens (including phenoxy) is 3. The number of hydrogen-bond donors (Lipinski definition) is 1. The average molecular weight is 467 g/mol. The van der Waals surface area contributed by atoms with Crippen LogP contribution in [-0.2, 0) is 10.3 Å². The summed E-state index contributed by atoms with van der Waals surface area (Å²) in [4.78, 5) is 26.1. The highest BCUT2D eigenvalue weighted by Gasteiger charge is 2.53. The van der Waals surface area contributed by atoms with Crippen molar-refractivity contribution < 1.29 is 23.8 Å². The summed E-state index contributed by atoms with van der Waals surface area (Å²) in [6.07, 6.45) is 0. The van der Waals surface area contributed by atoms with Gasteiger partial charge in [-0.2, -0.15) is 0 Å². The molecule has 1 atom stereocenters. The lowest BCUT2D eigenvalue weighted by Crippen LogP contribution is -2.33. The normalized spacial score (nSPS) is 17.3. The molecule has 0 N–H and O–H groups in total. The summed E-state index contributed by atoms with van der Waals surface area (Å²) in [6.45, 7) is 1.97. The van der Waals surface area contributed by atoms with Crippen LogP contribution < -0.4 is 9.47 Å². The van der Waals surface area contributed by atoms with Crippen molar-refractivity contribution in [2.24, 2.45) is 0 Å². The second-order valence-corrected chi connectivity index (χ2v) is 8.76. The van der Waals surface area contributed by atoms with E-state index < -0.39 is 17.5 Å². The van der Waals surface area contributed by atoms with Crippen LogP contribution >= 0.6 is 12.6 Å². The molecule has 0 aromatic heterocycles. The third kappa shape index (κ3) is 2.96. The van der Waals surface area contributed by atoms with Crippen LogP contribution in [0.15, 0.2) is 89.8 Å². The first-order valence-corrected chi connectivity index (χ1v) is 11.2. The fourth-order valence-corrected chi connectivity index (χ4v) is 4.89. The predicted molar refractivity (Wildman–Crippen MR) is 128 cm³/mol. The van der Waals surface area contributed by atoms with Crippen LogP contribution in [0.5, 0.6) is 17.2 Å². The van der Waals surface area contributed by atoms with Gasteiger partial charge < -0.3 is 14.2 Å². The lowest BCUT2D eigenvalue weighted by Gasteiger charge is -2.36. The number of benzene rings is 4. The molecule has 0 bridgehead atoms. The summed E-state index contributed by atoms with van der Waals surface area (Å²) in [5.74, 6) is 0.429. The molecular formula is C28H18O5S. The van der Waals surface area contributed by atoms with Crippen LogP contribution in [0.1, 0.15) is 43.0 Å². The van der Waals surface area contributed by atoms with Crippen molar-refractivity contribution in [1.82, 2.24) is 0 Å². The van der Waals surface area contributed by atoms with Crippen molar-refractivity contribution in [3.05, 3.63) is 118 Å². The SMILES string of the molecule is Cc1ccc2c(c1)Oc1cc(OC(=O)c3ccccc3S)ccc1C21OC(=O)c2ccccc21. The minimum atomic E-state index is -1.15. The molecule has 0 saturated carbocycles. The molecule has 2 aliphatic heterocycles. The standard InChI is InChI=1S/C28H18O5S/c1-16-10-12-21-23(14-16)32-24-15-17(31-26(29)19-7-3-5-9-25(19)34)11-13-22(24)28(21)20-8-4-2-6-18(20)27(30)33-28/h2-15,34H,1H3. The third-order valence-electron chi connectivity index (χ3n) is 6.18. The molecular weight excluding hydrogens is 448 g/mol. The van der Waals surface area contributed by atoms with E-state index in [-0.39, 0.29) is 0 Å². The largest absolute Gasteiger partial charge is 0.456 e. The second-order valence-electron chi connectivity index (χ2n) is 8.28. The van der Waals surface area contributed by atoms with Crippen molar-refractivity contribution in [3.63, 3.8) is 0 Å². The molecule has 0 saturated heterocycles. The summed E-state index contributed by atoms with van der Waals surface area (Å²) in [6, 6.07) is 25.2. The molecule has 0 radical (unpaired) electrons. The molecule has 34 heavy (non-hydrogen) atoms. The van der Waals surface area contributed by atoms with Crippen LogP contribution in [-0.4, -0.2) is 11.9 Å². The Morgan fingerprint density at radius 3 is 2.38 bits per heavy atom. The summed E-state index contributed by atoms with van der Waals surface area (Å²) in [5, 5.41) is 0. The van der Waals surface area contributed by atoms with Crippen LogP contribution in [0.2, 0.25) is 0 Å². The molecule has 2 aliphatic rings. The van der Waals surface area contributed by atoms with E-state index >= 15 is 0 Å². The highest BCUT2D eigenvalue weighted by Crippen LogP contribution is 2.56. The number of esters is 2. The Morgan fingerprint density at radius 2 is 1.56 bits per heavy atom. The predicted octanol–water partition coefficient (Wildman–Crippen LogP) is 6.07. The molecule has 166 valence electrons. The lowest BCUT2D eigenvalue weighted by atomic mass is 9.77. The number of rotatable bonds is 2. The van der Waals surface area contributed by atoms with Crippen LogP contribution in [0.4, 0.5) is 0 Å². The fraction of sp³-hybridized carbons (Fsp3) is 0.0714. The molecule has 4 aromatic rings. The zero-order valence-corrected chi connectivity index (χ0v) is 19.0. The van der Waals surface area contributed by atoms with Crippen LogP contribution in [0, 0.1) is 6.92 Å². The summed E-state index contributed by atoms with van der Waals surface area (Å²) in [7, 11) is 0. The zero-order valence-electron chi connectivity index (χ0n) is 18.1. The minimum absolute atomic E-state index is 0.309. The van der Waals surface area contributed by atoms with Crippen molar-refractivity contribution in [3.8, 4) is 17.2 Å². The Bertz CT molecular complexity index is 1510. The molecule has 6 rings (SSSR count).